The summed E-state index contributed by atoms with van der Waals surface area (Å²) in [6.07, 6.45) is 0.461. The Morgan fingerprint density at radius 3 is 2.44 bits per heavy atom. The molecule has 0 aliphatic carbocycles. The quantitative estimate of drug-likeness (QED) is 0.216. The molecule has 1 N–H and O–H groups in total. The van der Waals surface area contributed by atoms with Gasteiger partial charge in [-0.2, -0.15) is 0 Å². The third kappa shape index (κ3) is 2.62. The summed E-state index contributed by atoms with van der Waals surface area (Å²) in [4.78, 5) is 8.93. The summed E-state index contributed by atoms with van der Waals surface area (Å²) in [6, 6.07) is 0. The Morgan fingerprint density at radius 1 is 1.89 bits per heavy atom. The van der Waals surface area contributed by atoms with Crippen molar-refractivity contribution in [2.45, 2.75) is 24.9 Å². The maximum atomic E-state index is 9.83. The predicted molar refractivity (Wildman–Crippen MR) is 32.7 cm³/mol. The van der Waals surface area contributed by atoms with Crippen LogP contribution >= 0.6 is 11.6 Å². The molecule has 0 amide bonds. The largest absolute Gasteiger partial charge is 0.401 e. The molecule has 0 aromatic heterocycles. The molecular formula is C4H8ClNO3. The number of aliphatic hydroxyl groups is 1. The Bertz CT molecular complexity index is 114. The molecule has 0 fully saturated rings. The van der Waals surface area contributed by atoms with Crippen LogP contribution in [-0.2, 0) is 0 Å². The Hall–Kier alpha value is -0.350. The number of nitrogens with zero attached hydrogens (tertiary/aromatic N) is 1. The molecule has 0 saturated carbocycles. The van der Waals surface area contributed by atoms with E-state index in [0.717, 1.165) is 0 Å². The average Bonchev–Trinajstić information content (AvgIpc) is 1.65. The molecule has 1 unspecified atom stereocenters. The minimum Gasteiger partial charge on any atom is -0.317 e. The Morgan fingerprint density at radius 2 is 2.33 bits per heavy atom. The molecule has 0 aliphatic heterocycles. The number of halogens is 1. The normalized spacial score (nSPS) is 16.8. The van der Waals surface area contributed by atoms with Crippen molar-refractivity contribution in [2.24, 2.45) is 0 Å². The van der Waals surface area contributed by atoms with Crippen LogP contribution in [0.4, 0.5) is 0 Å². The minimum atomic E-state index is -2.26. The van der Waals surface area contributed by atoms with Crippen molar-refractivity contribution in [3.05, 3.63) is 10.1 Å². The zero-order chi connectivity index (χ0) is 7.49. The van der Waals surface area contributed by atoms with Crippen molar-refractivity contribution in [3.63, 3.8) is 0 Å². The first kappa shape index (κ1) is 8.65. The maximum absolute atomic E-state index is 9.83. The van der Waals surface area contributed by atoms with Gasteiger partial charge in [0.05, 0.1) is 11.3 Å². The van der Waals surface area contributed by atoms with Crippen LogP contribution < -0.4 is 0 Å². The van der Waals surface area contributed by atoms with Gasteiger partial charge in [-0.1, -0.05) is 6.92 Å². The molecule has 1 atom stereocenters. The maximum Gasteiger partial charge on any atom is 0.401 e. The molecule has 9 heavy (non-hydrogen) atoms. The highest BCUT2D eigenvalue weighted by Crippen LogP contribution is 2.17. The van der Waals surface area contributed by atoms with Crippen LogP contribution in [0.3, 0.4) is 0 Å². The van der Waals surface area contributed by atoms with Gasteiger partial charge in [-0.15, -0.1) is 0 Å². The summed E-state index contributed by atoms with van der Waals surface area (Å²) in [5.41, 5.74) is 0. The standard InChI is InChI=1S/C4H8ClNO3/c1-2-3-4(5,7)6(8)9/h7H,2-3H2,1H3. The topological polar surface area (TPSA) is 63.4 Å². The van der Waals surface area contributed by atoms with Gasteiger partial charge in [0.1, 0.15) is 0 Å². The lowest BCUT2D eigenvalue weighted by atomic mass is 10.3. The Kier molecular flexibility index (Phi) is 2.87. The zero-order valence-electron chi connectivity index (χ0n) is 5.00. The molecule has 0 spiro atoms. The van der Waals surface area contributed by atoms with Crippen molar-refractivity contribution in [2.75, 3.05) is 0 Å². The van der Waals surface area contributed by atoms with E-state index in [0.29, 0.717) is 6.42 Å². The molecule has 0 rings (SSSR count). The summed E-state index contributed by atoms with van der Waals surface area (Å²) in [5, 5.41) is 16.2. The lowest BCUT2D eigenvalue weighted by Crippen LogP contribution is -2.30. The van der Waals surface area contributed by atoms with Crippen LogP contribution in [0.15, 0.2) is 0 Å². The van der Waals surface area contributed by atoms with E-state index in [1.807, 2.05) is 0 Å². The summed E-state index contributed by atoms with van der Waals surface area (Å²) >= 11 is 5.03. The fraction of sp³-hybridized carbons (Fsp3) is 1.00. The molecule has 54 valence electrons. The second-order valence-electron chi connectivity index (χ2n) is 1.73. The first-order valence-electron chi connectivity index (χ1n) is 2.56. The van der Waals surface area contributed by atoms with Gasteiger partial charge in [-0.05, 0) is 18.0 Å². The molecule has 0 aromatic carbocycles. The van der Waals surface area contributed by atoms with Crippen molar-refractivity contribution in [1.29, 1.82) is 0 Å². The summed E-state index contributed by atoms with van der Waals surface area (Å²) in [5.74, 6) is 0. The Balaban J connectivity index is 3.85. The van der Waals surface area contributed by atoms with E-state index in [1.54, 1.807) is 6.92 Å². The van der Waals surface area contributed by atoms with Gasteiger partial charge in [-0.25, -0.2) is 0 Å². The van der Waals surface area contributed by atoms with Crippen molar-refractivity contribution < 1.29 is 10.0 Å². The number of nitro groups is 1. The molecular weight excluding hydrogens is 146 g/mol. The van der Waals surface area contributed by atoms with E-state index in [-0.39, 0.29) is 6.42 Å². The van der Waals surface area contributed by atoms with E-state index in [4.69, 9.17) is 16.7 Å². The van der Waals surface area contributed by atoms with Gasteiger partial charge in [0, 0.05) is 0 Å². The Labute approximate surface area is 57.6 Å². The van der Waals surface area contributed by atoms with E-state index in [2.05, 4.69) is 0 Å². The molecule has 0 saturated heterocycles. The van der Waals surface area contributed by atoms with Crippen LogP contribution in [-0.4, -0.2) is 15.2 Å². The second-order valence-corrected chi connectivity index (χ2v) is 2.33. The van der Waals surface area contributed by atoms with E-state index in [9.17, 15) is 10.1 Å². The summed E-state index contributed by atoms with van der Waals surface area (Å²) in [7, 11) is 0. The smallest absolute Gasteiger partial charge is 0.317 e. The molecule has 0 aromatic rings. The van der Waals surface area contributed by atoms with Crippen LogP contribution in [0, 0.1) is 10.1 Å². The van der Waals surface area contributed by atoms with Gasteiger partial charge >= 0.3 is 5.18 Å². The van der Waals surface area contributed by atoms with Gasteiger partial charge < -0.3 is 5.11 Å². The van der Waals surface area contributed by atoms with Crippen LogP contribution in [0.25, 0.3) is 0 Å². The predicted octanol–water partition coefficient (Wildman–Crippen LogP) is 0.948. The molecule has 5 heteroatoms. The number of hydrogen-bond acceptors (Lipinski definition) is 3. The first-order chi connectivity index (χ1) is 4.00. The van der Waals surface area contributed by atoms with E-state index in [1.165, 1.54) is 0 Å². The van der Waals surface area contributed by atoms with Crippen molar-refractivity contribution in [3.8, 4) is 0 Å². The van der Waals surface area contributed by atoms with E-state index < -0.39 is 10.1 Å². The lowest BCUT2D eigenvalue weighted by Gasteiger charge is -2.08. The fourth-order valence-corrected chi connectivity index (χ4v) is 0.598. The summed E-state index contributed by atoms with van der Waals surface area (Å²) in [6.45, 7) is 1.71. The zero-order valence-corrected chi connectivity index (χ0v) is 5.76. The van der Waals surface area contributed by atoms with Crippen LogP contribution in [0.1, 0.15) is 19.8 Å². The van der Waals surface area contributed by atoms with Crippen molar-refractivity contribution >= 4 is 11.6 Å². The SMILES string of the molecule is CCCC(O)(Cl)[N+](=O)[O-]. The van der Waals surface area contributed by atoms with Gasteiger partial charge in [-0.3, -0.25) is 10.1 Å². The van der Waals surface area contributed by atoms with Crippen LogP contribution in [0.5, 0.6) is 0 Å². The molecule has 0 heterocycles. The van der Waals surface area contributed by atoms with Gasteiger partial charge in [0.2, 0.25) is 0 Å². The molecule has 0 aliphatic rings. The third-order valence-electron chi connectivity index (χ3n) is 0.848. The molecule has 4 nitrogen and oxygen atoms in total. The number of alkyl halides is 1. The fourth-order valence-electron chi connectivity index (χ4n) is 0.409. The average molecular weight is 154 g/mol. The highest BCUT2D eigenvalue weighted by molar-refractivity contribution is 6.21. The van der Waals surface area contributed by atoms with E-state index >= 15 is 0 Å². The first-order valence-corrected chi connectivity index (χ1v) is 2.94. The molecule has 0 radical (unpaired) electrons. The molecule has 0 bridgehead atoms. The van der Waals surface area contributed by atoms with Crippen molar-refractivity contribution in [1.82, 2.24) is 0 Å². The number of hydrogen-bond donors (Lipinski definition) is 1. The minimum absolute atomic E-state index is 0.0262. The lowest BCUT2D eigenvalue weighted by molar-refractivity contribution is -0.594. The van der Waals surface area contributed by atoms with Crippen LogP contribution in [0.2, 0.25) is 0 Å². The van der Waals surface area contributed by atoms with Gasteiger partial charge in [0.15, 0.2) is 0 Å². The van der Waals surface area contributed by atoms with Gasteiger partial charge in [0.25, 0.3) is 0 Å². The third-order valence-corrected chi connectivity index (χ3v) is 1.17. The highest BCUT2D eigenvalue weighted by atomic mass is 35.5. The number of rotatable bonds is 3. The monoisotopic (exact) mass is 153 g/mol. The highest BCUT2D eigenvalue weighted by Gasteiger charge is 2.35. The summed E-state index contributed by atoms with van der Waals surface area (Å²) < 4.78 is 0. The second kappa shape index (κ2) is 2.98.